The lowest BCUT2D eigenvalue weighted by molar-refractivity contribution is 0.0742. The summed E-state index contributed by atoms with van der Waals surface area (Å²) in [5.41, 5.74) is 2.08. The standard InChI is InChI=1S/C19H23NO4S/c1-14(16-8-10-18(24-3)11-9-16)20(2)19(21)17-7-5-6-15(12-17)13-25(4,22)23/h5-12,14H,13H2,1-4H3. The first-order valence-electron chi connectivity index (χ1n) is 7.89. The van der Waals surface area contributed by atoms with Crippen LogP contribution in [0.25, 0.3) is 0 Å². The maximum atomic E-state index is 12.8. The molecule has 1 amide bonds. The lowest BCUT2D eigenvalue weighted by Crippen LogP contribution is -2.29. The molecule has 25 heavy (non-hydrogen) atoms. The van der Waals surface area contributed by atoms with Gasteiger partial charge in [0.2, 0.25) is 0 Å². The molecule has 1 atom stereocenters. The third kappa shape index (κ3) is 5.06. The number of benzene rings is 2. The molecule has 134 valence electrons. The van der Waals surface area contributed by atoms with E-state index in [1.807, 2.05) is 31.2 Å². The van der Waals surface area contributed by atoms with Crippen molar-refractivity contribution in [2.45, 2.75) is 18.7 Å². The molecule has 2 aromatic rings. The highest BCUT2D eigenvalue weighted by Gasteiger charge is 2.19. The molecule has 0 saturated heterocycles. The van der Waals surface area contributed by atoms with E-state index in [-0.39, 0.29) is 17.7 Å². The van der Waals surface area contributed by atoms with Crippen LogP contribution >= 0.6 is 0 Å². The Bertz CT molecular complexity index is 844. The number of carbonyl (C=O) groups is 1. The molecule has 5 nitrogen and oxygen atoms in total. The van der Waals surface area contributed by atoms with Gasteiger partial charge >= 0.3 is 0 Å². The number of hydrogen-bond acceptors (Lipinski definition) is 4. The summed E-state index contributed by atoms with van der Waals surface area (Å²) >= 11 is 0. The Morgan fingerprint density at radius 2 is 1.80 bits per heavy atom. The van der Waals surface area contributed by atoms with Crippen LogP contribution in [-0.2, 0) is 15.6 Å². The van der Waals surface area contributed by atoms with E-state index in [1.165, 1.54) is 6.26 Å². The Kier molecular flexibility index (Phi) is 5.85. The molecule has 0 fully saturated rings. The van der Waals surface area contributed by atoms with Gasteiger partial charge in [-0.15, -0.1) is 0 Å². The number of ether oxygens (including phenoxy) is 1. The molecule has 0 radical (unpaired) electrons. The summed E-state index contributed by atoms with van der Waals surface area (Å²) in [6.45, 7) is 1.94. The molecule has 1 unspecified atom stereocenters. The van der Waals surface area contributed by atoms with E-state index in [4.69, 9.17) is 4.74 Å². The van der Waals surface area contributed by atoms with Crippen molar-refractivity contribution < 1.29 is 17.9 Å². The van der Waals surface area contributed by atoms with Crippen molar-refractivity contribution in [3.05, 3.63) is 65.2 Å². The van der Waals surface area contributed by atoms with E-state index in [0.29, 0.717) is 11.1 Å². The van der Waals surface area contributed by atoms with Gasteiger partial charge in [-0.3, -0.25) is 4.79 Å². The largest absolute Gasteiger partial charge is 0.497 e. The van der Waals surface area contributed by atoms with Gasteiger partial charge in [-0.05, 0) is 42.3 Å². The third-order valence-corrected chi connectivity index (χ3v) is 4.96. The number of sulfone groups is 1. The molecular formula is C19H23NO4S. The Morgan fingerprint density at radius 3 is 2.36 bits per heavy atom. The van der Waals surface area contributed by atoms with Gasteiger partial charge in [0.25, 0.3) is 5.91 Å². The van der Waals surface area contributed by atoms with Crippen molar-refractivity contribution in [3.63, 3.8) is 0 Å². The molecule has 0 aliphatic carbocycles. The van der Waals surface area contributed by atoms with Crippen LogP contribution in [-0.4, -0.2) is 39.6 Å². The van der Waals surface area contributed by atoms with E-state index in [9.17, 15) is 13.2 Å². The summed E-state index contributed by atoms with van der Waals surface area (Å²) in [5.74, 6) is 0.531. The summed E-state index contributed by atoms with van der Waals surface area (Å²) in [6, 6.07) is 14.2. The zero-order valence-electron chi connectivity index (χ0n) is 14.9. The van der Waals surface area contributed by atoms with Crippen LogP contribution in [0, 0.1) is 0 Å². The highest BCUT2D eigenvalue weighted by atomic mass is 32.2. The van der Waals surface area contributed by atoms with Gasteiger partial charge in [-0.1, -0.05) is 24.3 Å². The van der Waals surface area contributed by atoms with Gasteiger partial charge in [-0.25, -0.2) is 8.42 Å². The second-order valence-electron chi connectivity index (χ2n) is 6.14. The normalized spacial score (nSPS) is 12.5. The van der Waals surface area contributed by atoms with E-state index in [0.717, 1.165) is 11.3 Å². The molecular weight excluding hydrogens is 338 g/mol. The van der Waals surface area contributed by atoms with E-state index < -0.39 is 9.84 Å². The van der Waals surface area contributed by atoms with Crippen LogP contribution in [0.4, 0.5) is 0 Å². The maximum absolute atomic E-state index is 12.8. The fourth-order valence-corrected chi connectivity index (χ4v) is 3.37. The van der Waals surface area contributed by atoms with Crippen molar-refractivity contribution in [1.29, 1.82) is 0 Å². The summed E-state index contributed by atoms with van der Waals surface area (Å²) in [7, 11) is 0.203. The van der Waals surface area contributed by atoms with Crippen molar-refractivity contribution in [3.8, 4) is 5.75 Å². The average molecular weight is 361 g/mol. The number of hydrogen-bond donors (Lipinski definition) is 0. The zero-order valence-corrected chi connectivity index (χ0v) is 15.7. The smallest absolute Gasteiger partial charge is 0.254 e. The fourth-order valence-electron chi connectivity index (χ4n) is 2.58. The van der Waals surface area contributed by atoms with Crippen LogP contribution in [0.5, 0.6) is 5.75 Å². The molecule has 0 heterocycles. The summed E-state index contributed by atoms with van der Waals surface area (Å²) in [6.07, 6.45) is 1.18. The van der Waals surface area contributed by atoms with Crippen molar-refractivity contribution in [2.24, 2.45) is 0 Å². The van der Waals surface area contributed by atoms with Crippen LogP contribution < -0.4 is 4.74 Å². The van der Waals surface area contributed by atoms with Crippen LogP contribution in [0.15, 0.2) is 48.5 Å². The van der Waals surface area contributed by atoms with Crippen LogP contribution in [0.3, 0.4) is 0 Å². The Hall–Kier alpha value is -2.34. The van der Waals surface area contributed by atoms with E-state index in [1.54, 1.807) is 43.3 Å². The zero-order chi connectivity index (χ0) is 18.6. The Balaban J connectivity index is 2.19. The first-order valence-corrected chi connectivity index (χ1v) is 9.95. The second kappa shape index (κ2) is 7.70. The van der Waals surface area contributed by atoms with Crippen LogP contribution in [0.2, 0.25) is 0 Å². The molecule has 0 N–H and O–H groups in total. The number of rotatable bonds is 6. The summed E-state index contributed by atoms with van der Waals surface area (Å²) in [5, 5.41) is 0. The van der Waals surface area contributed by atoms with Crippen molar-refractivity contribution in [2.75, 3.05) is 20.4 Å². The van der Waals surface area contributed by atoms with E-state index in [2.05, 4.69) is 0 Å². The van der Waals surface area contributed by atoms with Crippen molar-refractivity contribution in [1.82, 2.24) is 4.90 Å². The molecule has 0 aromatic heterocycles. The van der Waals surface area contributed by atoms with Crippen LogP contribution in [0.1, 0.15) is 34.5 Å². The third-order valence-electron chi connectivity index (χ3n) is 4.10. The number of nitrogens with zero attached hydrogens (tertiary/aromatic N) is 1. The molecule has 2 aromatic carbocycles. The number of carbonyl (C=O) groups excluding carboxylic acids is 1. The first kappa shape index (κ1) is 19.0. The minimum Gasteiger partial charge on any atom is -0.497 e. The Labute approximate surface area is 149 Å². The fraction of sp³-hybridized carbons (Fsp3) is 0.316. The second-order valence-corrected chi connectivity index (χ2v) is 8.28. The lowest BCUT2D eigenvalue weighted by atomic mass is 10.1. The molecule has 2 rings (SSSR count). The topological polar surface area (TPSA) is 63.7 Å². The number of amides is 1. The molecule has 6 heteroatoms. The monoisotopic (exact) mass is 361 g/mol. The molecule has 0 aliphatic rings. The number of methoxy groups -OCH3 is 1. The minimum atomic E-state index is -3.14. The van der Waals surface area contributed by atoms with E-state index >= 15 is 0 Å². The quantitative estimate of drug-likeness (QED) is 0.793. The average Bonchev–Trinajstić information content (AvgIpc) is 2.58. The summed E-state index contributed by atoms with van der Waals surface area (Å²) < 4.78 is 28.1. The highest BCUT2D eigenvalue weighted by Crippen LogP contribution is 2.23. The SMILES string of the molecule is COc1ccc(C(C)N(C)C(=O)c2cccc(CS(C)(=O)=O)c2)cc1. The minimum absolute atomic E-state index is 0.0775. The van der Waals surface area contributed by atoms with Gasteiger partial charge in [0.15, 0.2) is 9.84 Å². The van der Waals surface area contributed by atoms with Gasteiger partial charge in [0, 0.05) is 18.9 Å². The first-order chi connectivity index (χ1) is 11.7. The molecule has 0 saturated carbocycles. The van der Waals surface area contributed by atoms with Gasteiger partial charge in [0.05, 0.1) is 18.9 Å². The van der Waals surface area contributed by atoms with Gasteiger partial charge in [-0.2, -0.15) is 0 Å². The predicted octanol–water partition coefficient (Wildman–Crippen LogP) is 3.07. The lowest BCUT2D eigenvalue weighted by Gasteiger charge is -2.25. The molecule has 0 aliphatic heterocycles. The summed E-state index contributed by atoms with van der Waals surface area (Å²) in [4.78, 5) is 14.4. The van der Waals surface area contributed by atoms with Gasteiger partial charge < -0.3 is 9.64 Å². The molecule has 0 bridgehead atoms. The molecule has 0 spiro atoms. The highest BCUT2D eigenvalue weighted by molar-refractivity contribution is 7.89. The van der Waals surface area contributed by atoms with Gasteiger partial charge in [0.1, 0.15) is 5.75 Å². The maximum Gasteiger partial charge on any atom is 0.254 e. The predicted molar refractivity (Wildman–Crippen MR) is 98.5 cm³/mol. The Morgan fingerprint density at radius 1 is 1.16 bits per heavy atom. The van der Waals surface area contributed by atoms with Crippen molar-refractivity contribution >= 4 is 15.7 Å².